The molecule has 1 aromatic rings. The van der Waals surface area contributed by atoms with Gasteiger partial charge in [-0.25, -0.2) is 13.6 Å². The van der Waals surface area contributed by atoms with Crippen LogP contribution in [0.5, 0.6) is 0 Å². The Labute approximate surface area is 148 Å². The number of hydrogen-bond acceptors (Lipinski definition) is 4. The molecule has 26 heavy (non-hydrogen) atoms. The van der Waals surface area contributed by atoms with Crippen LogP contribution in [0.2, 0.25) is 0 Å². The Morgan fingerprint density at radius 3 is 2.15 bits per heavy atom. The van der Waals surface area contributed by atoms with Gasteiger partial charge in [0, 0.05) is 13.3 Å². The van der Waals surface area contributed by atoms with Gasteiger partial charge in [-0.15, -0.1) is 0 Å². The smallest absolute Gasteiger partial charge is 0.431 e. The maximum Gasteiger partial charge on any atom is 0.431 e. The van der Waals surface area contributed by atoms with Crippen molar-refractivity contribution >= 4 is 19.8 Å². The zero-order valence-corrected chi connectivity index (χ0v) is 13.8. The quantitative estimate of drug-likeness (QED) is 0.301. The van der Waals surface area contributed by atoms with Crippen LogP contribution >= 0.6 is 0 Å². The van der Waals surface area contributed by atoms with Crippen LogP contribution in [0, 0.1) is 0 Å². The highest BCUT2D eigenvalue weighted by Gasteiger charge is 2.56. The summed E-state index contributed by atoms with van der Waals surface area (Å²) in [6.45, 7) is -0.276. The summed E-state index contributed by atoms with van der Waals surface area (Å²) in [5, 5.41) is 0. The number of benzene rings is 1. The lowest BCUT2D eigenvalue weighted by Gasteiger charge is -2.25. The third-order valence-electron chi connectivity index (χ3n) is 3.19. The van der Waals surface area contributed by atoms with Crippen molar-refractivity contribution in [3.63, 3.8) is 0 Å². The summed E-state index contributed by atoms with van der Waals surface area (Å²) in [7, 11) is 5.41. The van der Waals surface area contributed by atoms with Crippen LogP contribution in [-0.2, 0) is 20.6 Å². The molecular weight excluding hydrogens is 362 g/mol. The Morgan fingerprint density at radius 2 is 1.69 bits per heavy atom. The van der Waals surface area contributed by atoms with E-state index in [0.717, 1.165) is 5.56 Å². The van der Waals surface area contributed by atoms with Crippen molar-refractivity contribution in [1.82, 2.24) is 0 Å². The van der Waals surface area contributed by atoms with Gasteiger partial charge >= 0.3 is 18.1 Å². The summed E-state index contributed by atoms with van der Waals surface area (Å²) in [6, 6.07) is 6.21. The maximum atomic E-state index is 12.9. The predicted octanol–water partition coefficient (Wildman–Crippen LogP) is 3.42. The van der Waals surface area contributed by atoms with Crippen molar-refractivity contribution < 1.29 is 41.0 Å². The van der Waals surface area contributed by atoms with Crippen LogP contribution in [0.1, 0.15) is 35.7 Å². The van der Waals surface area contributed by atoms with E-state index in [4.69, 9.17) is 12.6 Å². The minimum atomic E-state index is -5.39. The van der Waals surface area contributed by atoms with E-state index >= 15 is 0 Å². The van der Waals surface area contributed by atoms with Gasteiger partial charge in [0.05, 0.1) is 20.0 Å². The first-order valence-electron chi connectivity index (χ1n) is 7.55. The van der Waals surface area contributed by atoms with Crippen LogP contribution in [0.15, 0.2) is 24.3 Å². The van der Waals surface area contributed by atoms with Gasteiger partial charge in [-0.2, -0.15) is 13.2 Å². The largest absolute Gasteiger partial charge is 0.462 e. The zero-order chi connectivity index (χ0) is 20.0. The van der Waals surface area contributed by atoms with Gasteiger partial charge in [-0.1, -0.05) is 24.0 Å². The van der Waals surface area contributed by atoms with Crippen molar-refractivity contribution in [1.29, 1.82) is 0 Å². The molecule has 1 aromatic carbocycles. The first-order valence-corrected chi connectivity index (χ1v) is 7.55. The van der Waals surface area contributed by atoms with E-state index in [9.17, 15) is 31.5 Å². The predicted molar refractivity (Wildman–Crippen MR) is 82.0 cm³/mol. The molecule has 0 aromatic heterocycles. The van der Waals surface area contributed by atoms with Gasteiger partial charge in [0.15, 0.2) is 0 Å². The van der Waals surface area contributed by atoms with Crippen molar-refractivity contribution in [3.05, 3.63) is 35.4 Å². The number of carbonyl (C=O) groups excluding carboxylic acids is 2. The minimum absolute atomic E-state index is 0.0101. The number of esters is 2. The van der Waals surface area contributed by atoms with Crippen LogP contribution in [0.3, 0.4) is 0 Å². The maximum absolute atomic E-state index is 12.9. The van der Waals surface area contributed by atoms with E-state index in [1.807, 2.05) is 0 Å². The topological polar surface area (TPSA) is 52.6 Å². The number of ether oxygens (including phenoxy) is 2. The van der Waals surface area contributed by atoms with Crippen molar-refractivity contribution in [2.24, 2.45) is 0 Å². The third kappa shape index (κ3) is 7.01. The van der Waals surface area contributed by atoms with Crippen molar-refractivity contribution in [3.8, 4) is 0 Å². The summed E-state index contributed by atoms with van der Waals surface area (Å²) in [4.78, 5) is 23.0. The molecule has 1 unspecified atom stereocenters. The fourth-order valence-corrected chi connectivity index (χ4v) is 1.89. The van der Waals surface area contributed by atoms with Crippen LogP contribution < -0.4 is 0 Å². The number of carbonyl (C=O) groups is 2. The van der Waals surface area contributed by atoms with Gasteiger partial charge in [0.1, 0.15) is 0 Å². The highest BCUT2D eigenvalue weighted by molar-refractivity contribution is 6.08. The standard InChI is InChI=1S/C16H16BF5O4/c1-15(18,19)14(16(20,21)22)26-12(23)3-2-8-25-13(24)11-6-4-10(9-17)5-7-11/h4-7,14H,2-3,8-9H2,1H3. The lowest BCUT2D eigenvalue weighted by atomic mass is 9.96. The molecule has 0 spiro atoms. The van der Waals surface area contributed by atoms with Crippen molar-refractivity contribution in [2.45, 2.75) is 44.3 Å². The molecule has 0 bridgehead atoms. The molecule has 0 N–H and O–H groups in total. The Bertz CT molecular complexity index is 597. The summed E-state index contributed by atoms with van der Waals surface area (Å²) >= 11 is 0. The van der Waals surface area contributed by atoms with Crippen molar-refractivity contribution in [2.75, 3.05) is 6.61 Å². The van der Waals surface area contributed by atoms with E-state index in [0.29, 0.717) is 6.32 Å². The van der Waals surface area contributed by atoms with Crippen LogP contribution in [-0.4, -0.2) is 44.6 Å². The number of hydrogen-bond donors (Lipinski definition) is 0. The average Bonchev–Trinajstić information content (AvgIpc) is 2.54. The van der Waals surface area contributed by atoms with E-state index < -0.39 is 36.6 Å². The first-order chi connectivity index (χ1) is 11.9. The first kappa shape index (κ1) is 21.9. The molecule has 1 atom stereocenters. The molecule has 0 fully saturated rings. The Morgan fingerprint density at radius 1 is 1.12 bits per heavy atom. The minimum Gasteiger partial charge on any atom is -0.462 e. The second-order valence-corrected chi connectivity index (χ2v) is 5.51. The molecule has 0 aliphatic heterocycles. The Balaban J connectivity index is 2.42. The third-order valence-corrected chi connectivity index (χ3v) is 3.19. The SMILES string of the molecule is [B]Cc1ccc(C(=O)OCCCC(=O)OC(C(C)(F)F)C(F)(F)F)cc1. The highest BCUT2D eigenvalue weighted by Crippen LogP contribution is 2.34. The Hall–Kier alpha value is -2.13. The second-order valence-electron chi connectivity index (χ2n) is 5.51. The van der Waals surface area contributed by atoms with E-state index in [-0.39, 0.29) is 25.5 Å². The lowest BCUT2D eigenvalue weighted by molar-refractivity contribution is -0.273. The van der Waals surface area contributed by atoms with Gasteiger partial charge in [-0.05, 0) is 18.6 Å². The molecular formula is C16H16BF5O4. The molecule has 0 saturated heterocycles. The normalized spacial score (nSPS) is 13.2. The van der Waals surface area contributed by atoms with E-state index in [2.05, 4.69) is 4.74 Å². The average molecular weight is 378 g/mol. The number of rotatable bonds is 8. The number of halogens is 5. The van der Waals surface area contributed by atoms with Crippen LogP contribution in [0.25, 0.3) is 0 Å². The van der Waals surface area contributed by atoms with Gasteiger partial charge in [0.2, 0.25) is 0 Å². The molecule has 0 heterocycles. The Kier molecular flexibility index (Phi) is 7.59. The monoisotopic (exact) mass is 378 g/mol. The number of alkyl halides is 5. The molecule has 0 saturated carbocycles. The fraction of sp³-hybridized carbons (Fsp3) is 0.500. The zero-order valence-electron chi connectivity index (χ0n) is 13.8. The fourth-order valence-electron chi connectivity index (χ4n) is 1.89. The molecule has 10 heteroatoms. The lowest BCUT2D eigenvalue weighted by Crippen LogP contribution is -2.46. The van der Waals surface area contributed by atoms with E-state index in [1.165, 1.54) is 12.1 Å². The molecule has 0 aliphatic rings. The van der Waals surface area contributed by atoms with Gasteiger partial charge in [0.25, 0.3) is 12.0 Å². The summed E-state index contributed by atoms with van der Waals surface area (Å²) in [5.74, 6) is -6.43. The van der Waals surface area contributed by atoms with Gasteiger partial charge < -0.3 is 9.47 Å². The highest BCUT2D eigenvalue weighted by atomic mass is 19.4. The summed E-state index contributed by atoms with van der Waals surface area (Å²) < 4.78 is 71.9. The summed E-state index contributed by atoms with van der Waals surface area (Å²) in [6.07, 6.45) is -9.40. The molecule has 1 rings (SSSR count). The van der Waals surface area contributed by atoms with Gasteiger partial charge in [-0.3, -0.25) is 4.79 Å². The molecule has 0 amide bonds. The van der Waals surface area contributed by atoms with Crippen LogP contribution in [0.4, 0.5) is 22.0 Å². The molecule has 142 valence electrons. The van der Waals surface area contributed by atoms with E-state index in [1.54, 1.807) is 12.1 Å². The summed E-state index contributed by atoms with van der Waals surface area (Å²) in [5.41, 5.74) is 1.03. The molecule has 0 aliphatic carbocycles. The molecule has 4 nitrogen and oxygen atoms in total. The molecule has 2 radical (unpaired) electrons. The second kappa shape index (κ2) is 9.00.